The number of nitrogens with zero attached hydrogens (tertiary/aromatic N) is 1. The Bertz CT molecular complexity index is 783. The molecule has 3 rings (SSSR count). The second kappa shape index (κ2) is 8.24. The molecule has 0 saturated heterocycles. The van der Waals surface area contributed by atoms with Gasteiger partial charge in [0.25, 0.3) is 0 Å². The Morgan fingerprint density at radius 3 is 2.41 bits per heavy atom. The first-order valence-corrected chi connectivity index (χ1v) is 9.41. The Morgan fingerprint density at radius 2 is 1.81 bits per heavy atom. The highest BCUT2D eigenvalue weighted by Crippen LogP contribution is 2.46. The van der Waals surface area contributed by atoms with Gasteiger partial charge in [0.2, 0.25) is 0 Å². The molecule has 2 atom stereocenters. The molecular formula is C23H28FNO2. The Hall–Kier alpha value is -2.17. The molecule has 0 heterocycles. The first kappa shape index (κ1) is 19.6. The van der Waals surface area contributed by atoms with Crippen molar-refractivity contribution in [2.75, 3.05) is 27.7 Å². The van der Waals surface area contributed by atoms with Gasteiger partial charge in [0.1, 0.15) is 17.2 Å². The highest BCUT2D eigenvalue weighted by molar-refractivity contribution is 5.58. The quantitative estimate of drug-likeness (QED) is 0.844. The maximum absolute atomic E-state index is 13.5. The first-order valence-electron chi connectivity index (χ1n) is 9.41. The standard InChI is InChI=1S/C23H28FNO2/c1-25(2)16-20-6-4-5-19(15-17-7-13-22(27-3)14-8-17)23(20,26)18-9-11-21(24)12-10-18/h7-15,20,26H,4-6,16H2,1-3H3. The predicted octanol–water partition coefficient (Wildman–Crippen LogP) is 4.47. The summed E-state index contributed by atoms with van der Waals surface area (Å²) in [7, 11) is 5.69. The van der Waals surface area contributed by atoms with Crippen molar-refractivity contribution >= 4 is 6.08 Å². The lowest BCUT2D eigenvalue weighted by molar-refractivity contribution is -0.0174. The summed E-state index contributed by atoms with van der Waals surface area (Å²) < 4.78 is 18.7. The van der Waals surface area contributed by atoms with Gasteiger partial charge in [-0.15, -0.1) is 0 Å². The second-order valence-corrected chi connectivity index (χ2v) is 7.57. The van der Waals surface area contributed by atoms with Crippen LogP contribution in [0.2, 0.25) is 0 Å². The lowest BCUT2D eigenvalue weighted by atomic mass is 9.67. The van der Waals surface area contributed by atoms with Crippen LogP contribution < -0.4 is 4.74 Å². The van der Waals surface area contributed by atoms with E-state index in [2.05, 4.69) is 11.0 Å². The van der Waals surface area contributed by atoms with Gasteiger partial charge in [-0.2, -0.15) is 0 Å². The van der Waals surface area contributed by atoms with Gasteiger partial charge in [-0.1, -0.05) is 30.3 Å². The van der Waals surface area contributed by atoms with Crippen LogP contribution in [0.5, 0.6) is 5.75 Å². The molecule has 1 fully saturated rings. The minimum absolute atomic E-state index is 0.0520. The molecule has 0 radical (unpaired) electrons. The molecular weight excluding hydrogens is 341 g/mol. The molecule has 0 amide bonds. The normalized spacial score (nSPS) is 24.4. The van der Waals surface area contributed by atoms with Crippen molar-refractivity contribution in [1.29, 1.82) is 0 Å². The van der Waals surface area contributed by atoms with Gasteiger partial charge in [-0.05, 0) is 74.3 Å². The third-order valence-corrected chi connectivity index (χ3v) is 5.41. The van der Waals surface area contributed by atoms with Gasteiger partial charge in [0, 0.05) is 12.5 Å². The number of aliphatic hydroxyl groups is 1. The lowest BCUT2D eigenvalue weighted by Gasteiger charge is -2.44. The fourth-order valence-electron chi connectivity index (χ4n) is 4.07. The largest absolute Gasteiger partial charge is 0.497 e. The summed E-state index contributed by atoms with van der Waals surface area (Å²) in [6, 6.07) is 14.1. The summed E-state index contributed by atoms with van der Waals surface area (Å²) in [5.74, 6) is 0.569. The van der Waals surface area contributed by atoms with Gasteiger partial charge >= 0.3 is 0 Å². The van der Waals surface area contributed by atoms with Crippen LogP contribution in [0.15, 0.2) is 54.1 Å². The van der Waals surface area contributed by atoms with Gasteiger partial charge < -0.3 is 14.7 Å². The number of halogens is 1. The second-order valence-electron chi connectivity index (χ2n) is 7.57. The van der Waals surface area contributed by atoms with Crippen LogP contribution in [0.4, 0.5) is 4.39 Å². The molecule has 3 nitrogen and oxygen atoms in total. The molecule has 4 heteroatoms. The number of hydrogen-bond acceptors (Lipinski definition) is 3. The van der Waals surface area contributed by atoms with E-state index in [1.165, 1.54) is 12.1 Å². The van der Waals surface area contributed by atoms with Crippen molar-refractivity contribution in [3.05, 3.63) is 71.0 Å². The average molecular weight is 369 g/mol. The highest BCUT2D eigenvalue weighted by Gasteiger charge is 2.44. The van der Waals surface area contributed by atoms with E-state index < -0.39 is 5.60 Å². The third-order valence-electron chi connectivity index (χ3n) is 5.41. The van der Waals surface area contributed by atoms with Gasteiger partial charge in [-0.3, -0.25) is 0 Å². The van der Waals surface area contributed by atoms with E-state index in [9.17, 15) is 9.50 Å². The Labute approximate surface area is 161 Å². The Balaban J connectivity index is 2.05. The molecule has 2 unspecified atom stereocenters. The minimum atomic E-state index is -1.10. The molecule has 1 N–H and O–H groups in total. The van der Waals surface area contributed by atoms with Gasteiger partial charge in [0.15, 0.2) is 0 Å². The van der Waals surface area contributed by atoms with Crippen molar-refractivity contribution in [1.82, 2.24) is 4.90 Å². The molecule has 0 aromatic heterocycles. The molecule has 1 saturated carbocycles. The summed E-state index contributed by atoms with van der Waals surface area (Å²) >= 11 is 0. The zero-order valence-electron chi connectivity index (χ0n) is 16.3. The van der Waals surface area contributed by atoms with E-state index >= 15 is 0 Å². The van der Waals surface area contributed by atoms with Crippen molar-refractivity contribution in [2.24, 2.45) is 5.92 Å². The molecule has 2 aromatic rings. The molecule has 0 bridgehead atoms. The van der Waals surface area contributed by atoms with E-state index in [1.54, 1.807) is 19.2 Å². The van der Waals surface area contributed by atoms with Crippen LogP contribution in [0.25, 0.3) is 6.08 Å². The summed E-state index contributed by atoms with van der Waals surface area (Å²) in [6.07, 6.45) is 4.87. The number of hydrogen-bond donors (Lipinski definition) is 1. The van der Waals surface area contributed by atoms with Crippen LogP contribution in [0, 0.1) is 11.7 Å². The van der Waals surface area contributed by atoms with E-state index in [0.29, 0.717) is 0 Å². The predicted molar refractivity (Wildman–Crippen MR) is 107 cm³/mol. The van der Waals surface area contributed by atoms with Crippen molar-refractivity contribution in [3.8, 4) is 5.75 Å². The molecule has 1 aliphatic rings. The zero-order valence-corrected chi connectivity index (χ0v) is 16.3. The molecule has 0 spiro atoms. The monoisotopic (exact) mass is 369 g/mol. The number of ether oxygens (including phenoxy) is 1. The summed E-state index contributed by atoms with van der Waals surface area (Å²) in [4.78, 5) is 2.11. The Kier molecular flexibility index (Phi) is 5.98. The minimum Gasteiger partial charge on any atom is -0.497 e. The number of rotatable bonds is 5. The fourth-order valence-corrected chi connectivity index (χ4v) is 4.07. The van der Waals surface area contributed by atoms with E-state index in [4.69, 9.17) is 4.74 Å². The van der Waals surface area contributed by atoms with Crippen LogP contribution >= 0.6 is 0 Å². The molecule has 1 aliphatic carbocycles. The van der Waals surface area contributed by atoms with Crippen LogP contribution in [0.3, 0.4) is 0 Å². The van der Waals surface area contributed by atoms with Crippen LogP contribution in [0.1, 0.15) is 30.4 Å². The maximum atomic E-state index is 13.5. The fraction of sp³-hybridized carbons (Fsp3) is 0.391. The smallest absolute Gasteiger partial charge is 0.123 e. The molecule has 0 aliphatic heterocycles. The molecule has 144 valence electrons. The maximum Gasteiger partial charge on any atom is 0.123 e. The Morgan fingerprint density at radius 1 is 1.15 bits per heavy atom. The van der Waals surface area contributed by atoms with E-state index in [0.717, 1.165) is 48.3 Å². The molecule has 2 aromatic carbocycles. The van der Waals surface area contributed by atoms with E-state index in [-0.39, 0.29) is 11.7 Å². The summed E-state index contributed by atoms with van der Waals surface area (Å²) in [5.41, 5.74) is 1.67. The highest BCUT2D eigenvalue weighted by atomic mass is 19.1. The van der Waals surface area contributed by atoms with Crippen LogP contribution in [-0.2, 0) is 5.60 Å². The van der Waals surface area contributed by atoms with Crippen LogP contribution in [-0.4, -0.2) is 37.8 Å². The first-order chi connectivity index (χ1) is 12.9. The van der Waals surface area contributed by atoms with E-state index in [1.807, 2.05) is 38.4 Å². The summed E-state index contributed by atoms with van der Waals surface area (Å²) in [5, 5.41) is 11.9. The van der Waals surface area contributed by atoms with Crippen molar-refractivity contribution in [3.63, 3.8) is 0 Å². The zero-order chi connectivity index (χ0) is 19.4. The lowest BCUT2D eigenvalue weighted by Crippen LogP contribution is -2.44. The third kappa shape index (κ3) is 4.23. The SMILES string of the molecule is COc1ccc(C=C2CCCC(CN(C)C)C2(O)c2ccc(F)cc2)cc1. The van der Waals surface area contributed by atoms with Crippen molar-refractivity contribution < 1.29 is 14.2 Å². The van der Waals surface area contributed by atoms with Gasteiger partial charge in [0.05, 0.1) is 7.11 Å². The molecule has 27 heavy (non-hydrogen) atoms. The number of methoxy groups -OCH3 is 1. The summed E-state index contributed by atoms with van der Waals surface area (Å²) in [6.45, 7) is 0.772. The average Bonchev–Trinajstić information content (AvgIpc) is 2.66. The van der Waals surface area contributed by atoms with Crippen molar-refractivity contribution in [2.45, 2.75) is 24.9 Å². The topological polar surface area (TPSA) is 32.7 Å². The number of benzene rings is 2. The van der Waals surface area contributed by atoms with Gasteiger partial charge in [-0.25, -0.2) is 4.39 Å².